The zero-order valence-corrected chi connectivity index (χ0v) is 22.7. The monoisotopic (exact) mass is 565 g/mol. The minimum absolute atomic E-state index is 0.141. The number of nitrogens with zero attached hydrogens (tertiary/aromatic N) is 3. The number of hydrogen-bond acceptors (Lipinski definition) is 7. The second-order valence-corrected chi connectivity index (χ2v) is 9.72. The third-order valence-electron chi connectivity index (χ3n) is 6.92. The first-order valence-corrected chi connectivity index (χ1v) is 13.5. The molecular weight excluding hydrogens is 542 g/mol. The summed E-state index contributed by atoms with van der Waals surface area (Å²) in [7, 11) is 0. The fourth-order valence-electron chi connectivity index (χ4n) is 4.75. The minimum atomic E-state index is -1.32. The zero-order chi connectivity index (χ0) is 29.8. The summed E-state index contributed by atoms with van der Waals surface area (Å²) in [6.45, 7) is 0. The van der Waals surface area contributed by atoms with Crippen molar-refractivity contribution in [2.45, 2.75) is 6.10 Å². The maximum absolute atomic E-state index is 13.5. The maximum atomic E-state index is 13.5. The molecule has 0 aliphatic heterocycles. The summed E-state index contributed by atoms with van der Waals surface area (Å²) in [4.78, 5) is 47.4. The van der Waals surface area contributed by atoms with Crippen molar-refractivity contribution in [3.05, 3.63) is 160 Å². The molecule has 5 aromatic carbocycles. The Bertz CT molecular complexity index is 1950. The van der Waals surface area contributed by atoms with Crippen LogP contribution < -0.4 is 0 Å². The number of carbonyl (C=O) groups is 2. The molecule has 6 rings (SSSR count). The van der Waals surface area contributed by atoms with Gasteiger partial charge in [0.05, 0.1) is 32.9 Å². The normalized spacial score (nSPS) is 11.5. The third-order valence-corrected chi connectivity index (χ3v) is 6.92. The van der Waals surface area contributed by atoms with Crippen LogP contribution in [-0.4, -0.2) is 26.6 Å². The Morgan fingerprint density at radius 3 is 1.72 bits per heavy atom. The average Bonchev–Trinajstić information content (AvgIpc) is 3.07. The van der Waals surface area contributed by atoms with E-state index in [0.29, 0.717) is 33.5 Å². The Morgan fingerprint density at radius 1 is 0.628 bits per heavy atom. The van der Waals surface area contributed by atoms with Gasteiger partial charge in [-0.1, -0.05) is 91.0 Å². The molecule has 0 N–H and O–H groups in total. The van der Waals surface area contributed by atoms with Crippen molar-refractivity contribution in [3.8, 4) is 22.5 Å². The van der Waals surface area contributed by atoms with Crippen LogP contribution in [0.4, 0.5) is 5.69 Å². The lowest BCUT2D eigenvalue weighted by molar-refractivity contribution is -0.384. The van der Waals surface area contributed by atoms with Crippen LogP contribution in [0.1, 0.15) is 32.4 Å². The predicted molar refractivity (Wildman–Crippen MR) is 162 cm³/mol. The van der Waals surface area contributed by atoms with Gasteiger partial charge in [-0.15, -0.1) is 0 Å². The number of benzene rings is 5. The lowest BCUT2D eigenvalue weighted by Gasteiger charge is -2.18. The number of nitro groups is 1. The summed E-state index contributed by atoms with van der Waals surface area (Å²) in [6.07, 6.45) is -1.32. The molecule has 1 heterocycles. The van der Waals surface area contributed by atoms with Gasteiger partial charge >= 0.3 is 5.97 Å². The van der Waals surface area contributed by atoms with Gasteiger partial charge in [0.1, 0.15) is 0 Å². The highest BCUT2D eigenvalue weighted by Gasteiger charge is 2.28. The van der Waals surface area contributed by atoms with E-state index < -0.39 is 22.8 Å². The van der Waals surface area contributed by atoms with E-state index in [1.807, 2.05) is 60.7 Å². The van der Waals surface area contributed by atoms with E-state index in [4.69, 9.17) is 14.7 Å². The van der Waals surface area contributed by atoms with Crippen molar-refractivity contribution in [1.29, 1.82) is 0 Å². The van der Waals surface area contributed by atoms with E-state index in [9.17, 15) is 19.7 Å². The summed E-state index contributed by atoms with van der Waals surface area (Å²) in [6, 6.07) is 38.1. The number of ketones is 1. The van der Waals surface area contributed by atoms with Crippen LogP contribution in [0.15, 0.2) is 133 Å². The topological polar surface area (TPSA) is 112 Å². The van der Waals surface area contributed by atoms with Gasteiger partial charge in [-0.2, -0.15) is 0 Å². The molecule has 1 aromatic heterocycles. The first kappa shape index (κ1) is 27.2. The second kappa shape index (κ2) is 11.8. The Morgan fingerprint density at radius 2 is 1.16 bits per heavy atom. The molecule has 0 bridgehead atoms. The number of rotatable bonds is 8. The number of esters is 1. The molecule has 0 aliphatic rings. The Kier molecular flexibility index (Phi) is 7.48. The zero-order valence-electron chi connectivity index (χ0n) is 22.7. The fourth-order valence-corrected chi connectivity index (χ4v) is 4.75. The van der Waals surface area contributed by atoms with Crippen molar-refractivity contribution < 1.29 is 19.2 Å². The van der Waals surface area contributed by atoms with Gasteiger partial charge in [-0.25, -0.2) is 14.8 Å². The molecule has 8 nitrogen and oxygen atoms in total. The van der Waals surface area contributed by atoms with Crippen molar-refractivity contribution in [1.82, 2.24) is 9.97 Å². The molecule has 0 fully saturated rings. The summed E-state index contributed by atoms with van der Waals surface area (Å²) in [5, 5.41) is 11.2. The lowest BCUT2D eigenvalue weighted by atomic mass is 9.99. The van der Waals surface area contributed by atoms with E-state index in [1.54, 1.807) is 48.5 Å². The largest absolute Gasteiger partial charge is 0.445 e. The Hall–Kier alpha value is -6.02. The standard InChI is InChI=1S/C35H23N3O5/c39-33(25-14-8-3-9-15-25)34(26-16-19-28(20-17-26)38(41)42)43-35(40)27-18-21-29-30(22-27)37-32(24-12-6-2-7-13-24)31(36-29)23-10-4-1-5-11-23/h1-22,34H/t34-/m1/s1. The average molecular weight is 566 g/mol. The molecule has 43 heavy (non-hydrogen) atoms. The van der Waals surface area contributed by atoms with Crippen molar-refractivity contribution in [2.75, 3.05) is 0 Å². The molecule has 0 saturated heterocycles. The number of Topliss-reactive ketones (excluding diaryl/α,β-unsaturated/α-hetero) is 1. The van der Waals surface area contributed by atoms with Crippen LogP contribution in [-0.2, 0) is 4.74 Å². The number of fused-ring (bicyclic) bond motifs is 1. The van der Waals surface area contributed by atoms with Crippen molar-refractivity contribution in [2.24, 2.45) is 0 Å². The smallest absolute Gasteiger partial charge is 0.339 e. The molecule has 0 aliphatic carbocycles. The summed E-state index contributed by atoms with van der Waals surface area (Å²) in [5.74, 6) is -1.20. The Labute approximate surface area is 246 Å². The predicted octanol–water partition coefficient (Wildman–Crippen LogP) is 7.65. The van der Waals surface area contributed by atoms with Gasteiger partial charge in [0.15, 0.2) is 6.10 Å². The van der Waals surface area contributed by atoms with E-state index in [2.05, 4.69) is 0 Å². The quantitative estimate of drug-likeness (QED) is 0.0806. The minimum Gasteiger partial charge on any atom is -0.445 e. The molecule has 0 unspecified atom stereocenters. The van der Waals surface area contributed by atoms with Crippen LogP contribution in [0.3, 0.4) is 0 Å². The molecule has 1 atom stereocenters. The lowest BCUT2D eigenvalue weighted by Crippen LogP contribution is -2.20. The summed E-state index contributed by atoms with van der Waals surface area (Å²) < 4.78 is 5.79. The number of nitro benzene ring substituents is 1. The van der Waals surface area contributed by atoms with E-state index in [-0.39, 0.29) is 11.3 Å². The molecule has 208 valence electrons. The van der Waals surface area contributed by atoms with Crippen LogP contribution >= 0.6 is 0 Å². The summed E-state index contributed by atoms with van der Waals surface area (Å²) >= 11 is 0. The van der Waals surface area contributed by atoms with Gasteiger partial charge < -0.3 is 4.74 Å². The van der Waals surface area contributed by atoms with Crippen molar-refractivity contribution in [3.63, 3.8) is 0 Å². The molecule has 0 radical (unpaired) electrons. The molecule has 0 amide bonds. The Balaban J connectivity index is 1.38. The maximum Gasteiger partial charge on any atom is 0.339 e. The van der Waals surface area contributed by atoms with Gasteiger partial charge in [-0.05, 0) is 30.3 Å². The highest BCUT2D eigenvalue weighted by Crippen LogP contribution is 2.32. The number of carbonyl (C=O) groups excluding carboxylic acids is 2. The van der Waals surface area contributed by atoms with E-state index in [0.717, 1.165) is 11.1 Å². The highest BCUT2D eigenvalue weighted by molar-refractivity contribution is 6.02. The van der Waals surface area contributed by atoms with Crippen LogP contribution in [0.25, 0.3) is 33.5 Å². The van der Waals surface area contributed by atoms with Crippen LogP contribution in [0, 0.1) is 10.1 Å². The number of ether oxygens (including phenoxy) is 1. The first-order chi connectivity index (χ1) is 21.0. The molecular formula is C35H23N3O5. The van der Waals surface area contributed by atoms with Gasteiger partial charge in [0.25, 0.3) is 5.69 Å². The SMILES string of the molecule is O=C(O[C@@H](C(=O)c1ccccc1)c1ccc([N+](=O)[O-])cc1)c1ccc2nc(-c3ccccc3)c(-c3ccccc3)nc2c1. The molecule has 0 saturated carbocycles. The van der Waals surface area contributed by atoms with Crippen LogP contribution in [0.2, 0.25) is 0 Å². The summed E-state index contributed by atoms with van der Waals surface area (Å²) in [5.41, 5.74) is 4.90. The molecule has 0 spiro atoms. The van der Waals surface area contributed by atoms with E-state index in [1.165, 1.54) is 24.3 Å². The number of non-ortho nitro benzene ring substituents is 1. The number of aromatic nitrogens is 2. The molecule has 6 aromatic rings. The van der Waals surface area contributed by atoms with Gasteiger partial charge in [0, 0.05) is 34.4 Å². The number of hydrogen-bond donors (Lipinski definition) is 0. The van der Waals surface area contributed by atoms with Gasteiger partial charge in [0.2, 0.25) is 5.78 Å². The van der Waals surface area contributed by atoms with Crippen LogP contribution in [0.5, 0.6) is 0 Å². The van der Waals surface area contributed by atoms with Crippen molar-refractivity contribution >= 4 is 28.5 Å². The fraction of sp³-hybridized carbons (Fsp3) is 0.0286. The van der Waals surface area contributed by atoms with E-state index >= 15 is 0 Å². The third kappa shape index (κ3) is 5.75. The highest BCUT2D eigenvalue weighted by atomic mass is 16.6. The van der Waals surface area contributed by atoms with Gasteiger partial charge in [-0.3, -0.25) is 14.9 Å². The molecule has 8 heteroatoms. The second-order valence-electron chi connectivity index (χ2n) is 9.72. The first-order valence-electron chi connectivity index (χ1n) is 13.5.